The van der Waals surface area contributed by atoms with E-state index in [4.69, 9.17) is 9.47 Å². The Hall–Kier alpha value is -3.26. The first-order chi connectivity index (χ1) is 16.8. The van der Waals surface area contributed by atoms with E-state index in [-0.39, 0.29) is 17.6 Å². The first kappa shape index (κ1) is 22.2. The Morgan fingerprint density at radius 3 is 2.71 bits per heavy atom. The number of aromatic amines is 2. The van der Waals surface area contributed by atoms with E-state index >= 15 is 0 Å². The van der Waals surface area contributed by atoms with Gasteiger partial charge in [-0.3, -0.25) is 5.10 Å². The van der Waals surface area contributed by atoms with Crippen molar-refractivity contribution in [2.45, 2.75) is 56.4 Å². The van der Waals surface area contributed by atoms with E-state index in [1.165, 1.54) is 12.1 Å². The van der Waals surface area contributed by atoms with Crippen LogP contribution in [0.25, 0.3) is 22.0 Å². The third-order valence-electron chi connectivity index (χ3n) is 7.13. The molecule has 4 aromatic rings. The quantitative estimate of drug-likeness (QED) is 0.325. The van der Waals surface area contributed by atoms with Gasteiger partial charge in [0.15, 0.2) is 0 Å². The van der Waals surface area contributed by atoms with E-state index < -0.39 is 11.7 Å². The number of nitrogens with zero attached hydrogens (tertiary/aromatic N) is 1. The van der Waals surface area contributed by atoms with Crippen LogP contribution in [0.4, 0.5) is 13.2 Å². The van der Waals surface area contributed by atoms with Crippen molar-refractivity contribution in [2.75, 3.05) is 6.61 Å². The maximum Gasteiger partial charge on any atom is 0.416 e. The maximum atomic E-state index is 13.5. The first-order valence-electron chi connectivity index (χ1n) is 11.9. The van der Waals surface area contributed by atoms with Gasteiger partial charge in [0, 0.05) is 40.2 Å². The number of alkyl halides is 3. The molecule has 1 saturated heterocycles. The van der Waals surface area contributed by atoms with Gasteiger partial charge in [0.1, 0.15) is 6.10 Å². The molecule has 2 aromatic heterocycles. The van der Waals surface area contributed by atoms with Crippen molar-refractivity contribution >= 4 is 10.9 Å². The molecule has 2 unspecified atom stereocenters. The molecular formula is C27H26F3N3O2. The van der Waals surface area contributed by atoms with Crippen LogP contribution < -0.4 is 4.74 Å². The Balaban J connectivity index is 1.40. The molecule has 2 aromatic carbocycles. The molecule has 8 heteroatoms. The number of H-pyrrole nitrogens is 2. The van der Waals surface area contributed by atoms with Crippen LogP contribution in [0.2, 0.25) is 0 Å². The largest absolute Gasteiger partial charge is 0.473 e. The van der Waals surface area contributed by atoms with Gasteiger partial charge < -0.3 is 14.5 Å². The number of ether oxygens (including phenoxy) is 2. The van der Waals surface area contributed by atoms with Gasteiger partial charge in [-0.25, -0.2) is 0 Å². The lowest BCUT2D eigenvalue weighted by Gasteiger charge is -2.38. The SMILES string of the molecule is CC1(c2[nH]c3ccccc3c2-c2cccc(C(F)(F)F)c2)CCOC(c2cc(OC3CC3)n[nH]2)C1. The Morgan fingerprint density at radius 2 is 1.91 bits per heavy atom. The van der Waals surface area contributed by atoms with Crippen LogP contribution >= 0.6 is 0 Å². The summed E-state index contributed by atoms with van der Waals surface area (Å²) in [6, 6.07) is 15.3. The number of aromatic nitrogens is 3. The van der Waals surface area contributed by atoms with Crippen molar-refractivity contribution in [2.24, 2.45) is 0 Å². The van der Waals surface area contributed by atoms with Gasteiger partial charge in [0.05, 0.1) is 17.4 Å². The molecule has 1 saturated carbocycles. The summed E-state index contributed by atoms with van der Waals surface area (Å²) < 4.78 is 52.5. The molecule has 2 aliphatic rings. The Bertz CT molecular complexity index is 1370. The summed E-state index contributed by atoms with van der Waals surface area (Å²) in [6.07, 6.45) is -0.878. The zero-order chi connectivity index (χ0) is 24.2. The van der Waals surface area contributed by atoms with Gasteiger partial charge in [-0.15, -0.1) is 5.10 Å². The average molecular weight is 482 g/mol. The highest BCUT2D eigenvalue weighted by Crippen LogP contribution is 2.48. The van der Waals surface area contributed by atoms with Crippen LogP contribution in [0, 0.1) is 0 Å². The highest BCUT2D eigenvalue weighted by atomic mass is 19.4. The van der Waals surface area contributed by atoms with Gasteiger partial charge >= 0.3 is 6.18 Å². The summed E-state index contributed by atoms with van der Waals surface area (Å²) >= 11 is 0. The molecule has 6 rings (SSSR count). The molecule has 0 radical (unpaired) electrons. The summed E-state index contributed by atoms with van der Waals surface area (Å²) in [6.45, 7) is 2.68. The molecule has 2 fully saturated rings. The van der Waals surface area contributed by atoms with Crippen molar-refractivity contribution < 1.29 is 22.6 Å². The fourth-order valence-corrected chi connectivity index (χ4v) is 5.07. The Kier molecular flexibility index (Phi) is 5.18. The zero-order valence-corrected chi connectivity index (χ0v) is 19.3. The van der Waals surface area contributed by atoms with Crippen LogP contribution in [-0.2, 0) is 16.3 Å². The first-order valence-corrected chi connectivity index (χ1v) is 11.9. The second kappa shape index (κ2) is 8.16. The minimum Gasteiger partial charge on any atom is -0.473 e. The van der Waals surface area contributed by atoms with E-state index in [0.717, 1.165) is 53.2 Å². The van der Waals surface area contributed by atoms with Crippen LogP contribution in [-0.4, -0.2) is 27.9 Å². The minimum absolute atomic E-state index is 0.224. The molecule has 0 spiro atoms. The molecule has 1 aliphatic heterocycles. The number of fused-ring (bicyclic) bond motifs is 1. The van der Waals surface area contributed by atoms with E-state index in [1.807, 2.05) is 30.3 Å². The number of hydrogen-bond donors (Lipinski definition) is 2. The smallest absolute Gasteiger partial charge is 0.416 e. The van der Waals surface area contributed by atoms with Crippen LogP contribution in [0.3, 0.4) is 0 Å². The molecule has 35 heavy (non-hydrogen) atoms. The summed E-state index contributed by atoms with van der Waals surface area (Å²) in [5, 5.41) is 8.25. The number of hydrogen-bond acceptors (Lipinski definition) is 3. The lowest BCUT2D eigenvalue weighted by atomic mass is 9.74. The highest BCUT2D eigenvalue weighted by Gasteiger charge is 2.40. The van der Waals surface area contributed by atoms with Crippen molar-refractivity contribution in [3.8, 4) is 17.0 Å². The highest BCUT2D eigenvalue weighted by molar-refractivity contribution is 5.98. The van der Waals surface area contributed by atoms with Gasteiger partial charge in [-0.1, -0.05) is 37.3 Å². The summed E-state index contributed by atoms with van der Waals surface area (Å²) in [5.41, 5.74) is 3.05. The van der Waals surface area contributed by atoms with Crippen molar-refractivity contribution in [1.82, 2.24) is 15.2 Å². The molecule has 2 atom stereocenters. The van der Waals surface area contributed by atoms with E-state index in [1.54, 1.807) is 6.07 Å². The Labute approximate surface area is 200 Å². The molecule has 2 N–H and O–H groups in total. The fraction of sp³-hybridized carbons (Fsp3) is 0.370. The minimum atomic E-state index is -4.41. The van der Waals surface area contributed by atoms with E-state index in [2.05, 4.69) is 22.1 Å². The summed E-state index contributed by atoms with van der Waals surface area (Å²) in [4.78, 5) is 3.56. The Morgan fingerprint density at radius 1 is 1.09 bits per heavy atom. The maximum absolute atomic E-state index is 13.5. The summed E-state index contributed by atoms with van der Waals surface area (Å²) in [5.74, 6) is 0.577. The molecule has 0 amide bonds. The number of halogens is 3. The van der Waals surface area contributed by atoms with Crippen LogP contribution in [0.15, 0.2) is 54.6 Å². The van der Waals surface area contributed by atoms with E-state index in [0.29, 0.717) is 24.5 Å². The lowest BCUT2D eigenvalue weighted by Crippen LogP contribution is -2.33. The van der Waals surface area contributed by atoms with Crippen molar-refractivity contribution in [1.29, 1.82) is 0 Å². The summed E-state index contributed by atoms with van der Waals surface area (Å²) in [7, 11) is 0. The second-order valence-corrected chi connectivity index (χ2v) is 9.85. The normalized spacial score (nSPS) is 23.0. The molecule has 0 bridgehead atoms. The van der Waals surface area contributed by atoms with Crippen molar-refractivity contribution in [3.63, 3.8) is 0 Å². The molecule has 182 valence electrons. The third kappa shape index (κ3) is 4.20. The number of rotatable bonds is 5. The number of nitrogens with one attached hydrogen (secondary N) is 2. The lowest BCUT2D eigenvalue weighted by molar-refractivity contribution is -0.137. The van der Waals surface area contributed by atoms with Gasteiger partial charge in [-0.2, -0.15) is 13.2 Å². The molecule has 3 heterocycles. The predicted molar refractivity (Wildman–Crippen MR) is 126 cm³/mol. The van der Waals surface area contributed by atoms with Gasteiger partial charge in [-0.05, 0) is 49.4 Å². The van der Waals surface area contributed by atoms with E-state index in [9.17, 15) is 13.2 Å². The molecule has 1 aliphatic carbocycles. The zero-order valence-electron chi connectivity index (χ0n) is 19.3. The fourth-order valence-electron chi connectivity index (χ4n) is 5.07. The van der Waals surface area contributed by atoms with Crippen molar-refractivity contribution in [3.05, 3.63) is 71.5 Å². The number of benzene rings is 2. The van der Waals surface area contributed by atoms with Gasteiger partial charge in [0.25, 0.3) is 0 Å². The van der Waals surface area contributed by atoms with Crippen LogP contribution in [0.5, 0.6) is 5.88 Å². The molecule has 5 nitrogen and oxygen atoms in total. The topological polar surface area (TPSA) is 62.9 Å². The number of para-hydroxylation sites is 1. The predicted octanol–water partition coefficient (Wildman–Crippen LogP) is 6.93. The average Bonchev–Trinajstić information content (AvgIpc) is 3.37. The molecular weight excluding hydrogens is 455 g/mol. The van der Waals surface area contributed by atoms with Gasteiger partial charge in [0.2, 0.25) is 5.88 Å². The van der Waals surface area contributed by atoms with Crippen LogP contribution in [0.1, 0.15) is 55.7 Å². The third-order valence-corrected chi connectivity index (χ3v) is 7.13. The monoisotopic (exact) mass is 481 g/mol. The second-order valence-electron chi connectivity index (χ2n) is 9.85. The standard InChI is InChI=1S/C27H26F3N3O2/c1-26(11-12-34-22(15-26)21-14-23(33-32-21)35-18-9-10-18)25-24(19-7-2-3-8-20(19)31-25)16-5-4-6-17(13-16)27(28,29)30/h2-8,13-14,18,22,31H,9-12,15H2,1H3,(H,32,33).